The molecule has 0 radical (unpaired) electrons. The summed E-state index contributed by atoms with van der Waals surface area (Å²) in [4.78, 5) is 27.1. The Morgan fingerprint density at radius 2 is 1.77 bits per heavy atom. The van der Waals surface area contributed by atoms with Crippen molar-refractivity contribution in [2.45, 2.75) is 38.8 Å². The number of hydrogen-bond acceptors (Lipinski definition) is 5. The number of carbonyl (C=O) groups excluding carboxylic acids is 2. The highest BCUT2D eigenvalue weighted by Crippen LogP contribution is 2.18. The van der Waals surface area contributed by atoms with Gasteiger partial charge in [-0.25, -0.2) is 0 Å². The van der Waals surface area contributed by atoms with Gasteiger partial charge < -0.3 is 25.0 Å². The highest BCUT2D eigenvalue weighted by molar-refractivity contribution is 5.94. The van der Waals surface area contributed by atoms with Crippen molar-refractivity contribution in [1.82, 2.24) is 10.2 Å². The third kappa shape index (κ3) is 6.72. The van der Waals surface area contributed by atoms with Gasteiger partial charge in [0, 0.05) is 42.5 Å². The molecule has 31 heavy (non-hydrogen) atoms. The maximum absolute atomic E-state index is 12.5. The van der Waals surface area contributed by atoms with E-state index >= 15 is 0 Å². The number of nitrogens with one attached hydrogen (secondary N) is 2. The summed E-state index contributed by atoms with van der Waals surface area (Å²) in [5.41, 5.74) is 1.22. The van der Waals surface area contributed by atoms with Crippen LogP contribution in [0.2, 0.25) is 0 Å². The Morgan fingerprint density at radius 3 is 2.42 bits per heavy atom. The lowest BCUT2D eigenvalue weighted by molar-refractivity contribution is -0.118. The van der Waals surface area contributed by atoms with Crippen LogP contribution >= 0.6 is 0 Å². The zero-order valence-corrected chi connectivity index (χ0v) is 18.4. The van der Waals surface area contributed by atoms with Crippen LogP contribution in [0.15, 0.2) is 48.5 Å². The predicted molar refractivity (Wildman–Crippen MR) is 121 cm³/mol. The molecule has 7 nitrogen and oxygen atoms in total. The molecule has 2 amide bonds. The molecule has 1 aliphatic rings. The number of amides is 2. The van der Waals surface area contributed by atoms with E-state index in [0.717, 1.165) is 25.9 Å². The van der Waals surface area contributed by atoms with E-state index in [1.165, 1.54) is 0 Å². The van der Waals surface area contributed by atoms with Gasteiger partial charge >= 0.3 is 0 Å². The second-order valence-electron chi connectivity index (χ2n) is 7.97. The Balaban J connectivity index is 1.44. The minimum Gasteiger partial charge on any atom is -0.497 e. The summed E-state index contributed by atoms with van der Waals surface area (Å²) in [6, 6.07) is 14.7. The highest BCUT2D eigenvalue weighted by atomic mass is 16.5. The first-order chi connectivity index (χ1) is 14.9. The molecule has 1 fully saturated rings. The van der Waals surface area contributed by atoms with E-state index in [4.69, 9.17) is 9.47 Å². The topological polar surface area (TPSA) is 79.9 Å². The van der Waals surface area contributed by atoms with Gasteiger partial charge in [-0.05, 0) is 63.1 Å². The zero-order valence-electron chi connectivity index (χ0n) is 18.4. The predicted octanol–water partition coefficient (Wildman–Crippen LogP) is 3.32. The zero-order chi connectivity index (χ0) is 22.2. The molecule has 0 unspecified atom stereocenters. The average Bonchev–Trinajstić information content (AvgIpc) is 2.78. The molecule has 2 N–H and O–H groups in total. The number of nitrogens with zero attached hydrogens (tertiary/aromatic N) is 1. The number of methoxy groups -OCH3 is 1. The SMILES string of the molecule is COc1cccc(NC(=O)COc2ccc(C(=O)NC3CCN(C(C)C)CC3)cc2)c1. The van der Waals surface area contributed by atoms with Gasteiger partial charge in [0.05, 0.1) is 7.11 Å². The molecule has 2 aromatic rings. The second kappa shape index (κ2) is 10.8. The Morgan fingerprint density at radius 1 is 1.06 bits per heavy atom. The molecular weight excluding hydrogens is 394 g/mol. The molecule has 0 saturated carbocycles. The molecule has 0 aromatic heterocycles. The van der Waals surface area contributed by atoms with Gasteiger partial charge in [0.1, 0.15) is 11.5 Å². The Hall–Kier alpha value is -3.06. The van der Waals surface area contributed by atoms with Crippen LogP contribution in [0.3, 0.4) is 0 Å². The van der Waals surface area contributed by atoms with Gasteiger partial charge in [0.15, 0.2) is 6.61 Å². The molecule has 0 aliphatic carbocycles. The number of rotatable bonds is 8. The van der Waals surface area contributed by atoms with E-state index < -0.39 is 0 Å². The van der Waals surface area contributed by atoms with Crippen LogP contribution in [0, 0.1) is 0 Å². The summed E-state index contributed by atoms with van der Waals surface area (Å²) in [6.07, 6.45) is 1.93. The second-order valence-corrected chi connectivity index (χ2v) is 7.97. The first-order valence-electron chi connectivity index (χ1n) is 10.7. The minimum atomic E-state index is -0.275. The quantitative estimate of drug-likeness (QED) is 0.678. The van der Waals surface area contributed by atoms with Crippen molar-refractivity contribution in [3.63, 3.8) is 0 Å². The van der Waals surface area contributed by atoms with E-state index in [1.807, 2.05) is 0 Å². The van der Waals surface area contributed by atoms with Crippen molar-refractivity contribution < 1.29 is 19.1 Å². The van der Waals surface area contributed by atoms with Gasteiger partial charge in [0.25, 0.3) is 11.8 Å². The normalized spacial score (nSPS) is 14.8. The van der Waals surface area contributed by atoms with Crippen molar-refractivity contribution in [3.8, 4) is 11.5 Å². The van der Waals surface area contributed by atoms with Gasteiger partial charge in [-0.2, -0.15) is 0 Å². The standard InChI is InChI=1S/C24H31N3O4/c1-17(2)27-13-11-19(12-14-27)26-24(29)18-7-9-21(10-8-18)31-16-23(28)25-20-5-4-6-22(15-20)30-3/h4-10,15,17,19H,11-14,16H2,1-3H3,(H,25,28)(H,26,29). The highest BCUT2D eigenvalue weighted by Gasteiger charge is 2.22. The number of carbonyl (C=O) groups is 2. The summed E-state index contributed by atoms with van der Waals surface area (Å²) < 4.78 is 10.7. The van der Waals surface area contributed by atoms with Crippen LogP contribution in [-0.4, -0.2) is 55.6 Å². The monoisotopic (exact) mass is 425 g/mol. The Bertz CT molecular complexity index is 875. The lowest BCUT2D eigenvalue weighted by Gasteiger charge is -2.34. The van der Waals surface area contributed by atoms with Crippen LogP contribution < -0.4 is 20.1 Å². The number of likely N-dealkylation sites (tertiary alicyclic amines) is 1. The summed E-state index contributed by atoms with van der Waals surface area (Å²) in [7, 11) is 1.57. The fraction of sp³-hybridized carbons (Fsp3) is 0.417. The lowest BCUT2D eigenvalue weighted by Crippen LogP contribution is -2.46. The van der Waals surface area contributed by atoms with Crippen LogP contribution in [-0.2, 0) is 4.79 Å². The van der Waals surface area contributed by atoms with Crippen LogP contribution in [0.5, 0.6) is 11.5 Å². The fourth-order valence-corrected chi connectivity index (χ4v) is 3.58. The summed E-state index contributed by atoms with van der Waals surface area (Å²) in [5, 5.41) is 5.88. The molecule has 1 aliphatic heterocycles. The van der Waals surface area contributed by atoms with Crippen molar-refractivity contribution >= 4 is 17.5 Å². The smallest absolute Gasteiger partial charge is 0.262 e. The molecule has 1 heterocycles. The molecular formula is C24H31N3O4. The van der Waals surface area contributed by atoms with Gasteiger partial charge in [-0.15, -0.1) is 0 Å². The first kappa shape index (κ1) is 22.6. The summed E-state index contributed by atoms with van der Waals surface area (Å²) in [5.74, 6) is 0.841. The van der Waals surface area contributed by atoms with E-state index in [0.29, 0.717) is 28.8 Å². The number of piperidine rings is 1. The van der Waals surface area contributed by atoms with Gasteiger partial charge in [-0.3, -0.25) is 9.59 Å². The summed E-state index contributed by atoms with van der Waals surface area (Å²) in [6.45, 7) is 6.29. The third-order valence-corrected chi connectivity index (χ3v) is 5.43. The third-order valence-electron chi connectivity index (χ3n) is 5.43. The molecule has 2 aromatic carbocycles. The molecule has 3 rings (SSSR count). The lowest BCUT2D eigenvalue weighted by atomic mass is 10.0. The van der Waals surface area contributed by atoms with Crippen molar-refractivity contribution in [2.75, 3.05) is 32.1 Å². The first-order valence-corrected chi connectivity index (χ1v) is 10.7. The van der Waals surface area contributed by atoms with Crippen LogP contribution in [0.25, 0.3) is 0 Å². The number of ether oxygens (including phenoxy) is 2. The molecule has 166 valence electrons. The molecule has 0 bridgehead atoms. The minimum absolute atomic E-state index is 0.0784. The Labute approximate surface area is 183 Å². The van der Waals surface area contributed by atoms with Crippen molar-refractivity contribution in [2.24, 2.45) is 0 Å². The largest absolute Gasteiger partial charge is 0.497 e. The fourth-order valence-electron chi connectivity index (χ4n) is 3.58. The molecule has 7 heteroatoms. The van der Waals surface area contributed by atoms with Gasteiger partial charge in [-0.1, -0.05) is 6.07 Å². The van der Waals surface area contributed by atoms with Crippen molar-refractivity contribution in [1.29, 1.82) is 0 Å². The number of benzene rings is 2. The van der Waals surface area contributed by atoms with Crippen molar-refractivity contribution in [3.05, 3.63) is 54.1 Å². The summed E-state index contributed by atoms with van der Waals surface area (Å²) >= 11 is 0. The Kier molecular flexibility index (Phi) is 7.89. The molecule has 0 atom stereocenters. The molecule has 1 saturated heterocycles. The maximum atomic E-state index is 12.5. The van der Waals surface area contributed by atoms with E-state index in [-0.39, 0.29) is 24.5 Å². The average molecular weight is 426 g/mol. The molecule has 0 spiro atoms. The van der Waals surface area contributed by atoms with Crippen LogP contribution in [0.1, 0.15) is 37.0 Å². The van der Waals surface area contributed by atoms with E-state index in [1.54, 1.807) is 55.6 Å². The van der Waals surface area contributed by atoms with Crippen LogP contribution in [0.4, 0.5) is 5.69 Å². The number of anilines is 1. The number of hydrogen-bond donors (Lipinski definition) is 2. The van der Waals surface area contributed by atoms with E-state index in [2.05, 4.69) is 29.4 Å². The van der Waals surface area contributed by atoms with Gasteiger partial charge in [0.2, 0.25) is 0 Å². The van der Waals surface area contributed by atoms with E-state index in [9.17, 15) is 9.59 Å². The maximum Gasteiger partial charge on any atom is 0.262 e.